The smallest absolute Gasteiger partial charge is 0.201 e. The highest BCUT2D eigenvalue weighted by Crippen LogP contribution is 2.34. The zero-order valence-corrected chi connectivity index (χ0v) is 20.8. The molecule has 0 N–H and O–H groups in total. The first-order valence-corrected chi connectivity index (χ1v) is 12.7. The number of benzene rings is 3. The van der Waals surface area contributed by atoms with Gasteiger partial charge in [-0.1, -0.05) is 49.7 Å². The van der Waals surface area contributed by atoms with E-state index in [0.29, 0.717) is 18.4 Å². The molecular formula is C30H32F4O2. The topological polar surface area (TPSA) is 18.5 Å². The van der Waals surface area contributed by atoms with Crippen LogP contribution in [0.2, 0.25) is 0 Å². The summed E-state index contributed by atoms with van der Waals surface area (Å²) < 4.78 is 69.5. The Labute approximate surface area is 210 Å². The summed E-state index contributed by atoms with van der Waals surface area (Å²) in [6.45, 7) is 4.71. The minimum Gasteiger partial charge on any atom is -0.491 e. The molecule has 3 aromatic rings. The van der Waals surface area contributed by atoms with Crippen molar-refractivity contribution >= 4 is 0 Å². The van der Waals surface area contributed by atoms with Gasteiger partial charge in [0.15, 0.2) is 23.2 Å². The van der Waals surface area contributed by atoms with Crippen molar-refractivity contribution in [2.24, 2.45) is 0 Å². The lowest BCUT2D eigenvalue weighted by molar-refractivity contribution is -0.00111. The first-order chi connectivity index (χ1) is 17.4. The van der Waals surface area contributed by atoms with Crippen molar-refractivity contribution in [3.63, 3.8) is 0 Å². The Hall–Kier alpha value is -2.86. The summed E-state index contributed by atoms with van der Waals surface area (Å²) in [6.07, 6.45) is 5.62. The quantitative estimate of drug-likeness (QED) is 0.276. The average molecular weight is 501 g/mol. The number of halogens is 4. The van der Waals surface area contributed by atoms with E-state index < -0.39 is 23.3 Å². The molecule has 0 aliphatic carbocycles. The molecule has 0 spiro atoms. The molecule has 0 saturated carbocycles. The van der Waals surface area contributed by atoms with Crippen molar-refractivity contribution in [3.05, 3.63) is 88.5 Å². The Morgan fingerprint density at radius 1 is 0.778 bits per heavy atom. The van der Waals surface area contributed by atoms with Gasteiger partial charge in [0.25, 0.3) is 0 Å². The summed E-state index contributed by atoms with van der Waals surface area (Å²) in [5.74, 6) is -4.60. The van der Waals surface area contributed by atoms with E-state index >= 15 is 0 Å². The summed E-state index contributed by atoms with van der Waals surface area (Å²) in [5, 5.41) is 0. The minimum atomic E-state index is -1.27. The summed E-state index contributed by atoms with van der Waals surface area (Å²) in [7, 11) is 0. The highest BCUT2D eigenvalue weighted by Gasteiger charge is 2.23. The number of ether oxygens (including phenoxy) is 2. The van der Waals surface area contributed by atoms with Gasteiger partial charge < -0.3 is 9.47 Å². The first kappa shape index (κ1) is 26.2. The molecule has 1 fully saturated rings. The molecule has 192 valence electrons. The Kier molecular flexibility index (Phi) is 8.68. The van der Waals surface area contributed by atoms with Crippen molar-refractivity contribution in [1.29, 1.82) is 0 Å². The maximum atomic E-state index is 14.9. The molecule has 0 radical (unpaired) electrons. The Morgan fingerprint density at radius 3 is 2.11 bits per heavy atom. The fourth-order valence-corrected chi connectivity index (χ4v) is 4.85. The van der Waals surface area contributed by atoms with Gasteiger partial charge >= 0.3 is 0 Å². The van der Waals surface area contributed by atoms with Gasteiger partial charge in [0.1, 0.15) is 0 Å². The Balaban J connectivity index is 1.42. The van der Waals surface area contributed by atoms with Crippen LogP contribution < -0.4 is 4.74 Å². The van der Waals surface area contributed by atoms with Crippen LogP contribution in [0.1, 0.15) is 62.1 Å². The molecule has 0 bridgehead atoms. The van der Waals surface area contributed by atoms with E-state index in [1.807, 2.05) is 12.1 Å². The largest absolute Gasteiger partial charge is 0.491 e. The van der Waals surface area contributed by atoms with Crippen LogP contribution in [-0.4, -0.2) is 19.3 Å². The number of aryl methyl sites for hydroxylation is 2. The Morgan fingerprint density at radius 2 is 1.47 bits per heavy atom. The summed E-state index contributed by atoms with van der Waals surface area (Å²) in [5.41, 5.74) is 1.77. The second-order valence-corrected chi connectivity index (χ2v) is 9.33. The first-order valence-electron chi connectivity index (χ1n) is 12.7. The van der Waals surface area contributed by atoms with Crippen LogP contribution in [-0.2, 0) is 17.6 Å². The van der Waals surface area contributed by atoms with Gasteiger partial charge in [-0.2, -0.15) is 4.39 Å². The number of hydrogen-bond acceptors (Lipinski definition) is 2. The molecule has 0 amide bonds. The van der Waals surface area contributed by atoms with Crippen molar-refractivity contribution < 1.29 is 27.0 Å². The third kappa shape index (κ3) is 5.75. The lowest BCUT2D eigenvalue weighted by Crippen LogP contribution is -2.24. The fraction of sp³-hybridized carbons (Fsp3) is 0.400. The van der Waals surface area contributed by atoms with E-state index in [2.05, 4.69) is 19.1 Å². The molecule has 1 aliphatic rings. The third-order valence-electron chi connectivity index (χ3n) is 6.91. The van der Waals surface area contributed by atoms with Crippen LogP contribution >= 0.6 is 0 Å². The SMILES string of the molecule is CCCC1CCC(c2ccc(CCc3ccc(-c4ccc(OCC)c(F)c4F)c(F)c3F)cc2)CO1. The summed E-state index contributed by atoms with van der Waals surface area (Å²) in [4.78, 5) is 0. The molecule has 1 saturated heterocycles. The third-order valence-corrected chi connectivity index (χ3v) is 6.91. The molecule has 3 aromatic carbocycles. The van der Waals surface area contributed by atoms with Crippen LogP contribution in [0.3, 0.4) is 0 Å². The molecule has 1 aliphatic heterocycles. The van der Waals surface area contributed by atoms with Gasteiger partial charge in [0, 0.05) is 17.0 Å². The molecular weight excluding hydrogens is 468 g/mol. The Bertz CT molecular complexity index is 1170. The summed E-state index contributed by atoms with van der Waals surface area (Å²) in [6, 6.07) is 13.4. The standard InChI is InChI=1S/C30H32F4O2/c1-3-5-23-14-12-22(18-36-23)20-9-6-19(7-10-20)8-11-21-13-15-24(28(32)27(21)31)25-16-17-26(35-4-2)30(34)29(25)33/h6-7,9-10,13,15-17,22-23H,3-5,8,11-12,14,18H2,1-2H3. The lowest BCUT2D eigenvalue weighted by Gasteiger charge is -2.29. The van der Waals surface area contributed by atoms with Crippen LogP contribution in [0, 0.1) is 23.3 Å². The fourth-order valence-electron chi connectivity index (χ4n) is 4.85. The zero-order chi connectivity index (χ0) is 25.7. The second kappa shape index (κ2) is 11.9. The molecule has 4 rings (SSSR count). The van der Waals surface area contributed by atoms with Gasteiger partial charge in [-0.15, -0.1) is 0 Å². The van der Waals surface area contributed by atoms with Gasteiger partial charge in [-0.05, 0) is 67.9 Å². The van der Waals surface area contributed by atoms with E-state index in [0.717, 1.165) is 37.9 Å². The predicted octanol–water partition coefficient (Wildman–Crippen LogP) is 8.16. The van der Waals surface area contributed by atoms with Gasteiger partial charge in [0.2, 0.25) is 5.82 Å². The number of hydrogen-bond donors (Lipinski definition) is 0. The van der Waals surface area contributed by atoms with Crippen molar-refractivity contribution in [3.8, 4) is 16.9 Å². The lowest BCUT2D eigenvalue weighted by atomic mass is 9.89. The van der Waals surface area contributed by atoms with E-state index in [-0.39, 0.29) is 35.5 Å². The maximum Gasteiger partial charge on any atom is 0.201 e. The molecule has 0 aromatic heterocycles. The molecule has 2 nitrogen and oxygen atoms in total. The highest BCUT2D eigenvalue weighted by molar-refractivity contribution is 5.66. The van der Waals surface area contributed by atoms with Gasteiger partial charge in [-0.25, -0.2) is 13.2 Å². The van der Waals surface area contributed by atoms with Crippen molar-refractivity contribution in [2.45, 2.75) is 64.4 Å². The zero-order valence-electron chi connectivity index (χ0n) is 20.8. The molecule has 2 unspecified atom stereocenters. The van der Waals surface area contributed by atoms with Crippen molar-refractivity contribution in [1.82, 2.24) is 0 Å². The van der Waals surface area contributed by atoms with Gasteiger partial charge in [0.05, 0.1) is 19.3 Å². The molecule has 6 heteroatoms. The van der Waals surface area contributed by atoms with Crippen LogP contribution in [0.15, 0.2) is 48.5 Å². The second-order valence-electron chi connectivity index (χ2n) is 9.33. The van der Waals surface area contributed by atoms with Crippen LogP contribution in [0.5, 0.6) is 5.75 Å². The van der Waals surface area contributed by atoms with E-state index in [4.69, 9.17) is 9.47 Å². The van der Waals surface area contributed by atoms with Gasteiger partial charge in [-0.3, -0.25) is 0 Å². The van der Waals surface area contributed by atoms with E-state index in [1.165, 1.54) is 29.8 Å². The molecule has 1 heterocycles. The van der Waals surface area contributed by atoms with E-state index in [9.17, 15) is 17.6 Å². The number of rotatable bonds is 9. The maximum absolute atomic E-state index is 14.9. The highest BCUT2D eigenvalue weighted by atomic mass is 19.2. The molecule has 2 atom stereocenters. The minimum absolute atomic E-state index is 0.157. The van der Waals surface area contributed by atoms with E-state index in [1.54, 1.807) is 6.92 Å². The summed E-state index contributed by atoms with van der Waals surface area (Å²) >= 11 is 0. The average Bonchev–Trinajstić information content (AvgIpc) is 2.89. The monoisotopic (exact) mass is 500 g/mol. The van der Waals surface area contributed by atoms with Crippen LogP contribution in [0.25, 0.3) is 11.1 Å². The molecule has 36 heavy (non-hydrogen) atoms. The normalized spacial score (nSPS) is 17.8. The predicted molar refractivity (Wildman–Crippen MR) is 133 cm³/mol. The van der Waals surface area contributed by atoms with Crippen molar-refractivity contribution in [2.75, 3.05) is 13.2 Å². The van der Waals surface area contributed by atoms with Crippen LogP contribution in [0.4, 0.5) is 17.6 Å².